The number of hydrogen-bond donors (Lipinski definition) is 1. The van der Waals surface area contributed by atoms with E-state index in [0.717, 1.165) is 0 Å². The summed E-state index contributed by atoms with van der Waals surface area (Å²) in [6.45, 7) is 0. The fraction of sp³-hybridized carbons (Fsp3) is 0.304. The third-order valence-electron chi connectivity index (χ3n) is 6.05. The predicted molar refractivity (Wildman–Crippen MR) is 113 cm³/mol. The van der Waals surface area contributed by atoms with Gasteiger partial charge in [0, 0.05) is 12.1 Å². The Labute approximate surface area is 177 Å². The molecule has 5 rings (SSSR count). The molecule has 31 heavy (non-hydrogen) atoms. The summed E-state index contributed by atoms with van der Waals surface area (Å²) in [5.41, 5.74) is 1.24. The molecule has 0 atom stereocenters. The molecule has 0 bridgehead atoms. The highest BCUT2D eigenvalue weighted by molar-refractivity contribution is 6.21. The smallest absolute Gasteiger partial charge is 0.261 e. The molecule has 0 radical (unpaired) electrons. The number of nitrogens with zero attached hydrogens (tertiary/aromatic N) is 2. The second-order valence-corrected chi connectivity index (χ2v) is 7.83. The van der Waals surface area contributed by atoms with Crippen molar-refractivity contribution in [2.45, 2.75) is 37.8 Å². The summed E-state index contributed by atoms with van der Waals surface area (Å²) in [6, 6.07) is 10.1. The van der Waals surface area contributed by atoms with Crippen LogP contribution in [0.15, 0.2) is 47.5 Å². The molecule has 1 aliphatic carbocycles. The van der Waals surface area contributed by atoms with Gasteiger partial charge in [0.05, 0.1) is 41.6 Å². The van der Waals surface area contributed by atoms with Crippen molar-refractivity contribution < 1.29 is 19.1 Å². The van der Waals surface area contributed by atoms with E-state index in [0.29, 0.717) is 59.2 Å². The van der Waals surface area contributed by atoms with Gasteiger partial charge in [-0.05, 0) is 43.9 Å². The van der Waals surface area contributed by atoms with Crippen LogP contribution in [-0.4, -0.2) is 45.9 Å². The number of nitrogens with one attached hydrogen (secondary N) is 1. The standard InChI is InChI=1S/C23H21N3O5/c1-30-19-11-18-17(21(27)25-12-24-18)10-20(19)31-14-8-6-13(7-9-14)26-22(28)15-4-2-3-5-16(15)23(26)29/h2-5,10-14H,6-9H2,1H3,(H,24,25,27). The maximum atomic E-state index is 12.7. The number of carbonyl (C=O) groups is 2. The first kappa shape index (κ1) is 19.3. The number of methoxy groups -OCH3 is 1. The van der Waals surface area contributed by atoms with Gasteiger partial charge in [0.15, 0.2) is 11.5 Å². The van der Waals surface area contributed by atoms with E-state index in [-0.39, 0.29) is 29.5 Å². The lowest BCUT2D eigenvalue weighted by molar-refractivity contribution is 0.0476. The van der Waals surface area contributed by atoms with Gasteiger partial charge in [-0.1, -0.05) is 12.1 Å². The Morgan fingerprint density at radius 2 is 1.65 bits per heavy atom. The number of carbonyl (C=O) groups excluding carboxylic acids is 2. The first-order valence-electron chi connectivity index (χ1n) is 10.3. The lowest BCUT2D eigenvalue weighted by Crippen LogP contribution is -2.43. The zero-order valence-corrected chi connectivity index (χ0v) is 17.0. The van der Waals surface area contributed by atoms with Gasteiger partial charge in [-0.3, -0.25) is 19.3 Å². The first-order chi connectivity index (χ1) is 15.1. The maximum Gasteiger partial charge on any atom is 0.261 e. The summed E-state index contributed by atoms with van der Waals surface area (Å²) >= 11 is 0. The molecular formula is C23H21N3O5. The molecule has 0 unspecified atom stereocenters. The van der Waals surface area contributed by atoms with Crippen molar-refractivity contribution in [2.75, 3.05) is 7.11 Å². The number of amides is 2. The molecular weight excluding hydrogens is 398 g/mol. The molecule has 2 amide bonds. The van der Waals surface area contributed by atoms with E-state index in [9.17, 15) is 14.4 Å². The molecule has 0 spiro atoms. The van der Waals surface area contributed by atoms with Crippen LogP contribution in [0.3, 0.4) is 0 Å². The van der Waals surface area contributed by atoms with Crippen molar-refractivity contribution in [3.8, 4) is 11.5 Å². The number of hydrogen-bond acceptors (Lipinski definition) is 6. The van der Waals surface area contributed by atoms with E-state index < -0.39 is 0 Å². The normalized spacial score (nSPS) is 20.7. The number of imide groups is 1. The molecule has 1 aliphatic heterocycles. The molecule has 1 N–H and O–H groups in total. The van der Waals surface area contributed by atoms with Gasteiger partial charge >= 0.3 is 0 Å². The molecule has 158 valence electrons. The SMILES string of the molecule is COc1cc2nc[nH]c(=O)c2cc1OC1CCC(N2C(=O)c3ccccc3C2=O)CC1. The van der Waals surface area contributed by atoms with Gasteiger partial charge < -0.3 is 14.5 Å². The Morgan fingerprint density at radius 3 is 2.29 bits per heavy atom. The van der Waals surface area contributed by atoms with E-state index in [1.165, 1.54) is 11.2 Å². The Balaban J connectivity index is 1.31. The summed E-state index contributed by atoms with van der Waals surface area (Å²) in [4.78, 5) is 45.7. The number of rotatable bonds is 4. The topological polar surface area (TPSA) is 102 Å². The van der Waals surface area contributed by atoms with Gasteiger partial charge in [-0.15, -0.1) is 0 Å². The van der Waals surface area contributed by atoms with Crippen LogP contribution in [0, 0.1) is 0 Å². The Kier molecular flexibility index (Phi) is 4.69. The van der Waals surface area contributed by atoms with Crippen LogP contribution in [0.2, 0.25) is 0 Å². The zero-order chi connectivity index (χ0) is 21.5. The van der Waals surface area contributed by atoms with Crippen molar-refractivity contribution in [3.05, 3.63) is 64.2 Å². The highest BCUT2D eigenvalue weighted by Gasteiger charge is 2.41. The zero-order valence-electron chi connectivity index (χ0n) is 17.0. The average molecular weight is 419 g/mol. The number of aromatic nitrogens is 2. The van der Waals surface area contributed by atoms with E-state index in [1.54, 1.807) is 43.5 Å². The van der Waals surface area contributed by atoms with Crippen molar-refractivity contribution in [1.82, 2.24) is 14.9 Å². The monoisotopic (exact) mass is 419 g/mol. The van der Waals surface area contributed by atoms with Gasteiger partial charge in [0.1, 0.15) is 0 Å². The lowest BCUT2D eigenvalue weighted by atomic mass is 9.91. The minimum absolute atomic E-state index is 0.103. The van der Waals surface area contributed by atoms with Gasteiger partial charge in [0.2, 0.25) is 0 Å². The number of aromatic amines is 1. The molecule has 8 heteroatoms. The van der Waals surface area contributed by atoms with Crippen LogP contribution in [0.4, 0.5) is 0 Å². The van der Waals surface area contributed by atoms with Crippen LogP contribution in [-0.2, 0) is 0 Å². The van der Waals surface area contributed by atoms with E-state index in [1.807, 2.05) is 0 Å². The van der Waals surface area contributed by atoms with Crippen LogP contribution in [0.1, 0.15) is 46.4 Å². The number of ether oxygens (including phenoxy) is 2. The number of H-pyrrole nitrogens is 1. The van der Waals surface area contributed by atoms with Crippen molar-refractivity contribution >= 4 is 22.7 Å². The molecule has 1 aromatic heterocycles. The highest BCUT2D eigenvalue weighted by Crippen LogP contribution is 2.36. The summed E-state index contributed by atoms with van der Waals surface area (Å²) < 4.78 is 11.6. The average Bonchev–Trinajstić information content (AvgIpc) is 3.05. The van der Waals surface area contributed by atoms with Crippen LogP contribution in [0.5, 0.6) is 11.5 Å². The summed E-state index contributed by atoms with van der Waals surface area (Å²) in [7, 11) is 1.54. The fourth-order valence-electron chi connectivity index (χ4n) is 4.47. The molecule has 2 heterocycles. The third kappa shape index (κ3) is 3.24. The fourth-order valence-corrected chi connectivity index (χ4v) is 4.47. The third-order valence-corrected chi connectivity index (χ3v) is 6.05. The second-order valence-electron chi connectivity index (χ2n) is 7.83. The number of benzene rings is 2. The molecule has 2 aromatic carbocycles. The lowest BCUT2D eigenvalue weighted by Gasteiger charge is -2.33. The number of fused-ring (bicyclic) bond motifs is 2. The minimum atomic E-state index is -0.244. The Bertz CT molecular complexity index is 1210. The van der Waals surface area contributed by atoms with Crippen LogP contribution < -0.4 is 15.0 Å². The Morgan fingerprint density at radius 1 is 0.968 bits per heavy atom. The van der Waals surface area contributed by atoms with Crippen LogP contribution in [0.25, 0.3) is 10.9 Å². The molecule has 1 saturated carbocycles. The van der Waals surface area contributed by atoms with Crippen molar-refractivity contribution in [1.29, 1.82) is 0 Å². The molecule has 2 aliphatic rings. The maximum absolute atomic E-state index is 12.7. The quantitative estimate of drug-likeness (QED) is 0.653. The summed E-state index contributed by atoms with van der Waals surface area (Å²) in [5.74, 6) is 0.562. The summed E-state index contributed by atoms with van der Waals surface area (Å²) in [6.07, 6.45) is 3.94. The van der Waals surface area contributed by atoms with Gasteiger partial charge in [-0.2, -0.15) is 0 Å². The molecule has 1 fully saturated rings. The second kappa shape index (κ2) is 7.54. The minimum Gasteiger partial charge on any atom is -0.493 e. The Hall–Kier alpha value is -3.68. The van der Waals surface area contributed by atoms with Crippen LogP contribution >= 0.6 is 0 Å². The summed E-state index contributed by atoms with van der Waals surface area (Å²) in [5, 5.41) is 0.429. The first-order valence-corrected chi connectivity index (χ1v) is 10.3. The van der Waals surface area contributed by atoms with Gasteiger partial charge in [0.25, 0.3) is 17.4 Å². The molecule has 0 saturated heterocycles. The van der Waals surface area contributed by atoms with E-state index >= 15 is 0 Å². The predicted octanol–water partition coefficient (Wildman–Crippen LogP) is 2.92. The molecule has 8 nitrogen and oxygen atoms in total. The van der Waals surface area contributed by atoms with Crippen molar-refractivity contribution in [2.24, 2.45) is 0 Å². The van der Waals surface area contributed by atoms with E-state index in [4.69, 9.17) is 9.47 Å². The van der Waals surface area contributed by atoms with E-state index in [2.05, 4.69) is 9.97 Å². The van der Waals surface area contributed by atoms with Gasteiger partial charge in [-0.25, -0.2) is 4.98 Å². The highest BCUT2D eigenvalue weighted by atomic mass is 16.5. The molecule has 3 aromatic rings. The largest absolute Gasteiger partial charge is 0.493 e. The van der Waals surface area contributed by atoms with Crippen molar-refractivity contribution in [3.63, 3.8) is 0 Å².